The third-order valence-electron chi connectivity index (χ3n) is 4.42. The maximum atomic E-state index is 12.3. The molecule has 1 aromatic carbocycles. The maximum absolute atomic E-state index is 12.3. The van der Waals surface area contributed by atoms with Crippen molar-refractivity contribution in [2.75, 3.05) is 32.8 Å². The van der Waals surface area contributed by atoms with Crippen molar-refractivity contribution >= 4 is 17.8 Å². The number of nitrogens with two attached hydrogens (primary N) is 1. The molecule has 2 rings (SSSR count). The van der Waals surface area contributed by atoms with Crippen LogP contribution in [0.4, 0.5) is 0 Å². The second-order valence-electron chi connectivity index (χ2n) is 6.30. The molecule has 8 nitrogen and oxygen atoms in total. The molecule has 0 saturated carbocycles. The lowest BCUT2D eigenvalue weighted by molar-refractivity contribution is -0.141. The van der Waals surface area contributed by atoms with Crippen LogP contribution in [0.25, 0.3) is 0 Å². The summed E-state index contributed by atoms with van der Waals surface area (Å²) in [6, 6.07) is 6.47. The first kappa shape index (κ1) is 19.7. The van der Waals surface area contributed by atoms with E-state index in [2.05, 4.69) is 0 Å². The van der Waals surface area contributed by atoms with Crippen molar-refractivity contribution in [2.45, 2.75) is 25.8 Å². The average Bonchev–Trinajstić information content (AvgIpc) is 2.65. The van der Waals surface area contributed by atoms with Crippen LogP contribution >= 0.6 is 0 Å². The number of amides is 2. The quantitative estimate of drug-likeness (QED) is 0.717. The minimum absolute atomic E-state index is 0.0355. The van der Waals surface area contributed by atoms with E-state index >= 15 is 0 Å². The average molecular weight is 363 g/mol. The van der Waals surface area contributed by atoms with Crippen LogP contribution in [0.2, 0.25) is 0 Å². The van der Waals surface area contributed by atoms with Gasteiger partial charge in [-0.3, -0.25) is 14.4 Å². The van der Waals surface area contributed by atoms with E-state index in [0.29, 0.717) is 31.9 Å². The normalized spacial score (nSPS) is 15.5. The number of carboxylic acid groups (broad SMARTS) is 1. The van der Waals surface area contributed by atoms with Crippen LogP contribution in [0.15, 0.2) is 24.3 Å². The molecular formula is C18H25N3O5. The van der Waals surface area contributed by atoms with Gasteiger partial charge >= 0.3 is 5.97 Å². The molecule has 26 heavy (non-hydrogen) atoms. The van der Waals surface area contributed by atoms with Crippen LogP contribution in [0, 0.1) is 6.92 Å². The predicted molar refractivity (Wildman–Crippen MR) is 94.7 cm³/mol. The van der Waals surface area contributed by atoms with E-state index in [1.54, 1.807) is 9.80 Å². The number of para-hydroxylation sites is 1. The zero-order valence-electron chi connectivity index (χ0n) is 14.9. The zero-order chi connectivity index (χ0) is 19.1. The molecule has 0 aliphatic carbocycles. The molecule has 0 unspecified atom stereocenters. The minimum atomic E-state index is -1.11. The van der Waals surface area contributed by atoms with Gasteiger partial charge in [-0.25, -0.2) is 0 Å². The lowest BCUT2D eigenvalue weighted by Gasteiger charge is -2.35. The van der Waals surface area contributed by atoms with Crippen LogP contribution in [-0.2, 0) is 14.4 Å². The summed E-state index contributed by atoms with van der Waals surface area (Å²) in [5.41, 5.74) is 6.38. The largest absolute Gasteiger partial charge is 0.484 e. The molecule has 1 saturated heterocycles. The van der Waals surface area contributed by atoms with Crippen molar-refractivity contribution in [3.05, 3.63) is 29.8 Å². The molecule has 2 amide bonds. The molecule has 1 heterocycles. The number of carbonyl (C=O) groups excluding carboxylic acids is 2. The molecule has 1 aliphatic rings. The van der Waals surface area contributed by atoms with E-state index in [1.165, 1.54) is 0 Å². The maximum Gasteiger partial charge on any atom is 0.320 e. The number of carbonyl (C=O) groups is 3. The van der Waals surface area contributed by atoms with Gasteiger partial charge in [0.2, 0.25) is 5.91 Å². The van der Waals surface area contributed by atoms with Gasteiger partial charge in [0.1, 0.15) is 11.8 Å². The first-order valence-corrected chi connectivity index (χ1v) is 8.61. The molecule has 1 atom stereocenters. The van der Waals surface area contributed by atoms with Crippen molar-refractivity contribution in [3.63, 3.8) is 0 Å². The van der Waals surface area contributed by atoms with Gasteiger partial charge in [0.15, 0.2) is 6.61 Å². The second-order valence-corrected chi connectivity index (χ2v) is 6.30. The smallest absolute Gasteiger partial charge is 0.320 e. The van der Waals surface area contributed by atoms with Crippen LogP contribution in [0.1, 0.15) is 18.4 Å². The lowest BCUT2D eigenvalue weighted by Crippen LogP contribution is -2.51. The summed E-state index contributed by atoms with van der Waals surface area (Å²) in [6.07, 6.45) is 0.204. The third kappa shape index (κ3) is 5.45. The van der Waals surface area contributed by atoms with Gasteiger partial charge in [-0.2, -0.15) is 0 Å². The van der Waals surface area contributed by atoms with Crippen molar-refractivity contribution in [2.24, 2.45) is 5.73 Å². The van der Waals surface area contributed by atoms with Crippen molar-refractivity contribution in [1.82, 2.24) is 9.80 Å². The van der Waals surface area contributed by atoms with E-state index in [-0.39, 0.29) is 31.3 Å². The van der Waals surface area contributed by atoms with E-state index in [4.69, 9.17) is 15.6 Å². The van der Waals surface area contributed by atoms with Gasteiger partial charge in [0, 0.05) is 32.6 Å². The number of piperazine rings is 1. The van der Waals surface area contributed by atoms with Crippen LogP contribution in [0.5, 0.6) is 5.75 Å². The highest BCUT2D eigenvalue weighted by atomic mass is 16.5. The van der Waals surface area contributed by atoms with Gasteiger partial charge in [-0.15, -0.1) is 0 Å². The summed E-state index contributed by atoms with van der Waals surface area (Å²) in [4.78, 5) is 38.4. The molecule has 1 aromatic rings. The molecule has 142 valence electrons. The number of ether oxygens (including phenoxy) is 1. The number of aliphatic carboxylic acids is 1. The summed E-state index contributed by atoms with van der Waals surface area (Å²) in [6.45, 7) is 3.61. The van der Waals surface area contributed by atoms with Crippen LogP contribution < -0.4 is 10.5 Å². The summed E-state index contributed by atoms with van der Waals surface area (Å²) >= 11 is 0. The molecule has 0 bridgehead atoms. The Morgan fingerprint density at radius 2 is 1.69 bits per heavy atom. The van der Waals surface area contributed by atoms with Gasteiger partial charge in [0.05, 0.1) is 0 Å². The molecule has 0 aromatic heterocycles. The number of aryl methyl sites for hydroxylation is 1. The Labute approximate surface area is 152 Å². The summed E-state index contributed by atoms with van der Waals surface area (Å²) in [5, 5.41) is 8.75. The van der Waals surface area contributed by atoms with Crippen LogP contribution in [-0.4, -0.2) is 71.5 Å². The predicted octanol–water partition coefficient (Wildman–Crippen LogP) is 0.237. The van der Waals surface area contributed by atoms with Gasteiger partial charge in [0.25, 0.3) is 5.91 Å². The molecule has 3 N–H and O–H groups in total. The first-order valence-electron chi connectivity index (χ1n) is 8.61. The molecule has 8 heteroatoms. The fourth-order valence-electron chi connectivity index (χ4n) is 2.71. The SMILES string of the molecule is Cc1ccccc1OCC(=O)N1CCN(C(=O)CC[C@H](N)C(=O)O)CC1. The van der Waals surface area contributed by atoms with Crippen LogP contribution in [0.3, 0.4) is 0 Å². The summed E-state index contributed by atoms with van der Waals surface area (Å²) in [5.74, 6) is -0.676. The number of benzene rings is 1. The van der Waals surface area contributed by atoms with E-state index < -0.39 is 12.0 Å². The second kappa shape index (κ2) is 9.19. The minimum Gasteiger partial charge on any atom is -0.484 e. The Kier molecular flexibility index (Phi) is 6.97. The zero-order valence-corrected chi connectivity index (χ0v) is 14.9. The van der Waals surface area contributed by atoms with Gasteiger partial charge in [-0.05, 0) is 25.0 Å². The molecule has 0 spiro atoms. The number of hydrogen-bond acceptors (Lipinski definition) is 5. The lowest BCUT2D eigenvalue weighted by atomic mass is 10.1. The highest BCUT2D eigenvalue weighted by Gasteiger charge is 2.25. The fourth-order valence-corrected chi connectivity index (χ4v) is 2.71. The van der Waals surface area contributed by atoms with Gasteiger partial charge < -0.3 is 25.4 Å². The highest BCUT2D eigenvalue weighted by molar-refractivity contribution is 5.80. The van der Waals surface area contributed by atoms with Gasteiger partial charge in [-0.1, -0.05) is 18.2 Å². The highest BCUT2D eigenvalue weighted by Crippen LogP contribution is 2.16. The topological polar surface area (TPSA) is 113 Å². The number of hydrogen-bond donors (Lipinski definition) is 2. The molecule has 1 aliphatic heterocycles. The van der Waals surface area contributed by atoms with Crippen molar-refractivity contribution in [1.29, 1.82) is 0 Å². The van der Waals surface area contributed by atoms with Crippen molar-refractivity contribution in [3.8, 4) is 5.75 Å². The Balaban J connectivity index is 1.73. The third-order valence-corrected chi connectivity index (χ3v) is 4.42. The Morgan fingerprint density at radius 3 is 2.27 bits per heavy atom. The van der Waals surface area contributed by atoms with E-state index in [9.17, 15) is 14.4 Å². The molecular weight excluding hydrogens is 338 g/mol. The number of rotatable bonds is 7. The summed E-state index contributed by atoms with van der Waals surface area (Å²) < 4.78 is 5.57. The molecule has 1 fully saturated rings. The Morgan fingerprint density at radius 1 is 1.12 bits per heavy atom. The van der Waals surface area contributed by atoms with E-state index in [1.807, 2.05) is 31.2 Å². The molecule has 0 radical (unpaired) electrons. The summed E-state index contributed by atoms with van der Waals surface area (Å²) in [7, 11) is 0. The number of nitrogens with zero attached hydrogens (tertiary/aromatic N) is 2. The monoisotopic (exact) mass is 363 g/mol. The number of carboxylic acids is 1. The van der Waals surface area contributed by atoms with Crippen molar-refractivity contribution < 1.29 is 24.2 Å². The first-order chi connectivity index (χ1) is 12.4. The fraction of sp³-hybridized carbons (Fsp3) is 0.500. The van der Waals surface area contributed by atoms with E-state index in [0.717, 1.165) is 5.56 Å². The Bertz CT molecular complexity index is 656. The Hall–Kier alpha value is -2.61. The standard InChI is InChI=1S/C18H25N3O5/c1-13-4-2-3-5-15(13)26-12-17(23)21-10-8-20(9-11-21)16(22)7-6-14(19)18(24)25/h2-5,14H,6-12,19H2,1H3,(H,24,25)/t14-/m0/s1.